The van der Waals surface area contributed by atoms with Crippen molar-refractivity contribution in [2.24, 2.45) is 7.05 Å². The first kappa shape index (κ1) is 17.0. The van der Waals surface area contributed by atoms with E-state index >= 15 is 0 Å². The standard InChI is InChI=1S/C16H22N6O3/c1-11-14(22(23)24)16(20(4)18-11)21-9-7-12(10-21)25-13-6-5-8-17-15(13)19(2)3/h5-6,8,12H,7,9-10H2,1-4H3/t12-/m0/s1. The van der Waals surface area contributed by atoms with Crippen LogP contribution in [-0.4, -0.2) is 53.0 Å². The summed E-state index contributed by atoms with van der Waals surface area (Å²) < 4.78 is 7.70. The van der Waals surface area contributed by atoms with Gasteiger partial charge in [-0.25, -0.2) is 9.67 Å². The molecule has 0 aliphatic carbocycles. The Labute approximate surface area is 146 Å². The highest BCUT2D eigenvalue weighted by atomic mass is 16.6. The predicted octanol–water partition coefficient (Wildman–Crippen LogP) is 1.76. The van der Waals surface area contributed by atoms with Crippen molar-refractivity contribution in [3.05, 3.63) is 34.1 Å². The lowest BCUT2D eigenvalue weighted by atomic mass is 10.3. The number of hydrogen-bond acceptors (Lipinski definition) is 7. The third kappa shape index (κ3) is 3.21. The molecule has 1 saturated heterocycles. The van der Waals surface area contributed by atoms with Crippen molar-refractivity contribution >= 4 is 17.3 Å². The molecule has 1 fully saturated rings. The minimum atomic E-state index is -0.364. The van der Waals surface area contributed by atoms with Gasteiger partial charge in [0, 0.05) is 40.3 Å². The zero-order valence-electron chi connectivity index (χ0n) is 14.8. The van der Waals surface area contributed by atoms with Crippen molar-refractivity contribution < 1.29 is 9.66 Å². The number of pyridine rings is 1. The largest absolute Gasteiger partial charge is 0.485 e. The Bertz CT molecular complexity index is 788. The Morgan fingerprint density at radius 2 is 2.20 bits per heavy atom. The van der Waals surface area contributed by atoms with Gasteiger partial charge in [0.1, 0.15) is 11.8 Å². The van der Waals surface area contributed by atoms with Crippen LogP contribution >= 0.6 is 0 Å². The second-order valence-electron chi connectivity index (χ2n) is 6.33. The van der Waals surface area contributed by atoms with Crippen LogP contribution in [0.5, 0.6) is 5.75 Å². The molecule has 0 radical (unpaired) electrons. The summed E-state index contributed by atoms with van der Waals surface area (Å²) in [5.74, 6) is 2.02. The van der Waals surface area contributed by atoms with Gasteiger partial charge in [0.25, 0.3) is 0 Å². The quantitative estimate of drug-likeness (QED) is 0.602. The van der Waals surface area contributed by atoms with Crippen molar-refractivity contribution in [3.8, 4) is 5.75 Å². The predicted molar refractivity (Wildman–Crippen MR) is 94.4 cm³/mol. The summed E-state index contributed by atoms with van der Waals surface area (Å²) in [5, 5.41) is 15.6. The second-order valence-corrected chi connectivity index (χ2v) is 6.33. The van der Waals surface area contributed by atoms with Gasteiger partial charge in [-0.1, -0.05) is 0 Å². The first-order chi connectivity index (χ1) is 11.9. The zero-order valence-corrected chi connectivity index (χ0v) is 14.8. The topological polar surface area (TPSA) is 89.6 Å². The van der Waals surface area contributed by atoms with E-state index in [-0.39, 0.29) is 16.7 Å². The van der Waals surface area contributed by atoms with Crippen LogP contribution in [0.4, 0.5) is 17.3 Å². The molecule has 2 aromatic heterocycles. The molecule has 25 heavy (non-hydrogen) atoms. The number of ether oxygens (including phenoxy) is 1. The van der Waals surface area contributed by atoms with Crippen LogP contribution in [0.3, 0.4) is 0 Å². The van der Waals surface area contributed by atoms with E-state index in [0.29, 0.717) is 24.6 Å². The van der Waals surface area contributed by atoms with Crippen LogP contribution in [0.1, 0.15) is 12.1 Å². The lowest BCUT2D eigenvalue weighted by Gasteiger charge is -2.20. The molecule has 0 bridgehead atoms. The minimum absolute atomic E-state index is 0.0577. The zero-order chi connectivity index (χ0) is 18.1. The SMILES string of the molecule is Cc1nn(C)c(N2CC[C@H](Oc3cccnc3N(C)C)C2)c1[N+](=O)[O-]. The van der Waals surface area contributed by atoms with E-state index in [9.17, 15) is 10.1 Å². The Kier molecular flexibility index (Phi) is 4.47. The summed E-state index contributed by atoms with van der Waals surface area (Å²) >= 11 is 0. The molecule has 0 saturated carbocycles. The molecule has 0 N–H and O–H groups in total. The first-order valence-corrected chi connectivity index (χ1v) is 8.10. The fraction of sp³-hybridized carbons (Fsp3) is 0.500. The highest BCUT2D eigenvalue weighted by molar-refractivity contribution is 5.62. The molecule has 1 aliphatic heterocycles. The number of nitrogens with zero attached hydrogens (tertiary/aromatic N) is 6. The van der Waals surface area contributed by atoms with E-state index in [1.165, 1.54) is 0 Å². The van der Waals surface area contributed by atoms with Crippen molar-refractivity contribution in [1.82, 2.24) is 14.8 Å². The van der Waals surface area contributed by atoms with Crippen molar-refractivity contribution in [3.63, 3.8) is 0 Å². The van der Waals surface area contributed by atoms with E-state index in [1.807, 2.05) is 36.0 Å². The maximum Gasteiger partial charge on any atom is 0.333 e. The van der Waals surface area contributed by atoms with Crippen molar-refractivity contribution in [2.75, 3.05) is 37.0 Å². The number of aryl methyl sites for hydroxylation is 2. The van der Waals surface area contributed by atoms with Crippen molar-refractivity contribution in [1.29, 1.82) is 0 Å². The fourth-order valence-corrected chi connectivity index (χ4v) is 3.21. The smallest absolute Gasteiger partial charge is 0.333 e. The van der Waals surface area contributed by atoms with Gasteiger partial charge < -0.3 is 14.5 Å². The summed E-state index contributed by atoms with van der Waals surface area (Å²) in [6.45, 7) is 2.91. The molecule has 2 aromatic rings. The van der Waals surface area contributed by atoms with E-state index in [2.05, 4.69) is 10.1 Å². The summed E-state index contributed by atoms with van der Waals surface area (Å²) in [4.78, 5) is 19.2. The molecule has 3 heterocycles. The van der Waals surface area contributed by atoms with Crippen LogP contribution < -0.4 is 14.5 Å². The number of aromatic nitrogens is 3. The van der Waals surface area contributed by atoms with Gasteiger partial charge in [-0.3, -0.25) is 10.1 Å². The molecule has 1 atom stereocenters. The van der Waals surface area contributed by atoms with E-state index in [1.54, 1.807) is 24.9 Å². The van der Waals surface area contributed by atoms with E-state index in [4.69, 9.17) is 4.74 Å². The van der Waals surface area contributed by atoms with Gasteiger partial charge in [0.05, 0.1) is 11.5 Å². The summed E-state index contributed by atoms with van der Waals surface area (Å²) in [6.07, 6.45) is 2.45. The second kappa shape index (κ2) is 6.58. The van der Waals surface area contributed by atoms with Crippen molar-refractivity contribution in [2.45, 2.75) is 19.4 Å². The average Bonchev–Trinajstić information content (AvgIpc) is 3.11. The van der Waals surface area contributed by atoms with Gasteiger partial charge in [0.2, 0.25) is 5.82 Å². The van der Waals surface area contributed by atoms with Crippen LogP contribution in [0.15, 0.2) is 18.3 Å². The molecule has 9 nitrogen and oxygen atoms in total. The third-order valence-corrected chi connectivity index (χ3v) is 4.26. The maximum absolute atomic E-state index is 11.4. The highest BCUT2D eigenvalue weighted by Gasteiger charge is 2.34. The summed E-state index contributed by atoms with van der Waals surface area (Å²) in [7, 11) is 5.56. The molecular formula is C16H22N6O3. The number of hydrogen-bond donors (Lipinski definition) is 0. The minimum Gasteiger partial charge on any atom is -0.485 e. The molecule has 0 spiro atoms. The van der Waals surface area contributed by atoms with Crippen LogP contribution in [-0.2, 0) is 7.05 Å². The molecule has 9 heteroatoms. The highest BCUT2D eigenvalue weighted by Crippen LogP contribution is 2.34. The average molecular weight is 346 g/mol. The monoisotopic (exact) mass is 346 g/mol. The maximum atomic E-state index is 11.4. The van der Waals surface area contributed by atoms with Gasteiger partial charge in [0.15, 0.2) is 11.6 Å². The molecular weight excluding hydrogens is 324 g/mol. The molecule has 0 aromatic carbocycles. The Morgan fingerprint density at radius 3 is 2.88 bits per heavy atom. The molecule has 0 amide bonds. The third-order valence-electron chi connectivity index (χ3n) is 4.26. The number of anilines is 2. The molecule has 134 valence electrons. The Balaban J connectivity index is 1.79. The lowest BCUT2D eigenvalue weighted by molar-refractivity contribution is -0.384. The Hall–Kier alpha value is -2.84. The lowest BCUT2D eigenvalue weighted by Crippen LogP contribution is -2.27. The molecule has 3 rings (SSSR count). The van der Waals surface area contributed by atoms with Gasteiger partial charge in [-0.2, -0.15) is 5.10 Å². The number of rotatable bonds is 5. The first-order valence-electron chi connectivity index (χ1n) is 8.10. The van der Waals surface area contributed by atoms with Gasteiger partial charge >= 0.3 is 5.69 Å². The number of nitro groups is 1. The summed E-state index contributed by atoms with van der Waals surface area (Å²) in [5.41, 5.74) is 0.493. The van der Waals surface area contributed by atoms with Crippen LogP contribution in [0, 0.1) is 17.0 Å². The van der Waals surface area contributed by atoms with Gasteiger partial charge in [-0.05, 0) is 19.1 Å². The normalized spacial score (nSPS) is 17.0. The Morgan fingerprint density at radius 1 is 1.44 bits per heavy atom. The summed E-state index contributed by atoms with van der Waals surface area (Å²) in [6, 6.07) is 3.73. The van der Waals surface area contributed by atoms with Crippen LogP contribution in [0.25, 0.3) is 0 Å². The molecule has 0 unspecified atom stereocenters. The van der Waals surface area contributed by atoms with E-state index < -0.39 is 0 Å². The fourth-order valence-electron chi connectivity index (χ4n) is 3.21. The van der Waals surface area contributed by atoms with E-state index in [0.717, 1.165) is 18.0 Å². The van der Waals surface area contributed by atoms with Crippen LogP contribution in [0.2, 0.25) is 0 Å². The molecule has 1 aliphatic rings. The van der Waals surface area contributed by atoms with Gasteiger partial charge in [-0.15, -0.1) is 0 Å².